The van der Waals surface area contributed by atoms with E-state index in [-0.39, 0.29) is 24.0 Å². The molecule has 1 saturated heterocycles. The number of halogens is 1. The van der Waals surface area contributed by atoms with Gasteiger partial charge in [0.15, 0.2) is 5.96 Å². The molecule has 3 rings (SSSR count). The highest BCUT2D eigenvalue weighted by molar-refractivity contribution is 14.0. The Labute approximate surface area is 203 Å². The molecule has 1 aliphatic rings. The maximum Gasteiger partial charge on any atom is 0.191 e. The van der Waals surface area contributed by atoms with E-state index in [0.717, 1.165) is 51.9 Å². The number of hydrogen-bond acceptors (Lipinski definition) is 4. The van der Waals surface area contributed by atoms with Crippen LogP contribution in [-0.2, 0) is 17.8 Å². The highest BCUT2D eigenvalue weighted by atomic mass is 127. The molecule has 1 atom stereocenters. The molecule has 1 unspecified atom stereocenters. The van der Waals surface area contributed by atoms with Gasteiger partial charge >= 0.3 is 0 Å². The second kappa shape index (κ2) is 13.7. The van der Waals surface area contributed by atoms with E-state index in [9.17, 15) is 0 Å². The zero-order chi connectivity index (χ0) is 21.2. The summed E-state index contributed by atoms with van der Waals surface area (Å²) in [6.07, 6.45) is 3.79. The summed E-state index contributed by atoms with van der Waals surface area (Å²) in [4.78, 5) is 7.36. The number of guanidine groups is 1. The summed E-state index contributed by atoms with van der Waals surface area (Å²) in [7, 11) is 0. The second-order valence-corrected chi connectivity index (χ2v) is 8.06. The largest absolute Gasteiger partial charge is 0.379 e. The van der Waals surface area contributed by atoms with E-state index < -0.39 is 0 Å². The van der Waals surface area contributed by atoms with Crippen LogP contribution in [-0.4, -0.2) is 66.1 Å². The number of aliphatic imine (C=N–C) groups is 1. The monoisotopic (exact) mass is 540 g/mol. The summed E-state index contributed by atoms with van der Waals surface area (Å²) in [5.41, 5.74) is 2.43. The number of morpholine rings is 1. The van der Waals surface area contributed by atoms with E-state index >= 15 is 0 Å². The van der Waals surface area contributed by atoms with E-state index in [0.29, 0.717) is 18.5 Å². The van der Waals surface area contributed by atoms with Crippen molar-refractivity contribution in [3.8, 4) is 0 Å². The molecule has 172 valence electrons. The van der Waals surface area contributed by atoms with E-state index in [1.807, 2.05) is 23.1 Å². The van der Waals surface area contributed by atoms with Crippen molar-refractivity contribution in [1.29, 1.82) is 0 Å². The molecule has 2 aromatic rings. The van der Waals surface area contributed by atoms with Gasteiger partial charge in [-0.1, -0.05) is 38.1 Å². The summed E-state index contributed by atoms with van der Waals surface area (Å²) >= 11 is 0. The minimum absolute atomic E-state index is 0. The number of nitrogens with one attached hydrogen (secondary N) is 2. The predicted octanol–water partition coefficient (Wildman–Crippen LogP) is 2.96. The van der Waals surface area contributed by atoms with Gasteiger partial charge in [-0.3, -0.25) is 9.58 Å². The molecule has 0 bridgehead atoms. The fourth-order valence-electron chi connectivity index (χ4n) is 3.82. The molecule has 7 nitrogen and oxygen atoms in total. The molecule has 8 heteroatoms. The molecular weight excluding hydrogens is 503 g/mol. The number of hydrogen-bond donors (Lipinski definition) is 2. The lowest BCUT2D eigenvalue weighted by Gasteiger charge is -2.37. The predicted molar refractivity (Wildman–Crippen MR) is 137 cm³/mol. The van der Waals surface area contributed by atoms with Gasteiger partial charge in [0, 0.05) is 44.6 Å². The van der Waals surface area contributed by atoms with E-state index in [1.54, 1.807) is 0 Å². The van der Waals surface area contributed by atoms with Crippen LogP contribution in [0.5, 0.6) is 0 Å². The third-order valence-corrected chi connectivity index (χ3v) is 5.42. The average molecular weight is 540 g/mol. The van der Waals surface area contributed by atoms with Crippen LogP contribution < -0.4 is 10.6 Å². The van der Waals surface area contributed by atoms with Crippen molar-refractivity contribution in [1.82, 2.24) is 25.3 Å². The quantitative estimate of drug-likeness (QED) is 0.291. The molecule has 1 aromatic carbocycles. The molecule has 31 heavy (non-hydrogen) atoms. The van der Waals surface area contributed by atoms with Crippen LogP contribution in [0.3, 0.4) is 0 Å². The number of benzene rings is 1. The third kappa shape index (κ3) is 8.42. The van der Waals surface area contributed by atoms with Crippen LogP contribution in [0.15, 0.2) is 47.7 Å². The molecule has 0 spiro atoms. The topological polar surface area (TPSA) is 66.7 Å². The fraction of sp³-hybridized carbons (Fsp3) is 0.565. The van der Waals surface area contributed by atoms with E-state index in [4.69, 9.17) is 9.73 Å². The number of rotatable bonds is 9. The standard InChI is InChI=1S/C23H36N6O.HI/c1-4-24-23(26-17-22(19(2)3)28-11-13-30-14-12-28)25-16-20-7-5-8-21(15-20)18-29-10-6-9-27-29;/h5-10,15,19,22H,4,11-14,16-18H2,1-3H3,(H2,24,25,26);1H. The van der Waals surface area contributed by atoms with Crippen LogP contribution in [0.4, 0.5) is 0 Å². The lowest BCUT2D eigenvalue weighted by Crippen LogP contribution is -2.52. The minimum atomic E-state index is 0. The fourth-order valence-corrected chi connectivity index (χ4v) is 3.82. The smallest absolute Gasteiger partial charge is 0.191 e. The van der Waals surface area contributed by atoms with Crippen molar-refractivity contribution in [3.05, 3.63) is 53.9 Å². The van der Waals surface area contributed by atoms with Gasteiger partial charge < -0.3 is 15.4 Å². The van der Waals surface area contributed by atoms with Gasteiger partial charge in [0.2, 0.25) is 0 Å². The Morgan fingerprint density at radius 1 is 1.16 bits per heavy atom. The zero-order valence-electron chi connectivity index (χ0n) is 19.0. The summed E-state index contributed by atoms with van der Waals surface area (Å²) in [5, 5.41) is 11.2. The maximum absolute atomic E-state index is 5.52. The molecule has 1 aliphatic heterocycles. The molecule has 2 heterocycles. The van der Waals surface area contributed by atoms with Gasteiger partial charge in [0.25, 0.3) is 0 Å². The third-order valence-electron chi connectivity index (χ3n) is 5.42. The first kappa shape index (κ1) is 25.6. The van der Waals surface area contributed by atoms with Crippen LogP contribution in [0.25, 0.3) is 0 Å². The highest BCUT2D eigenvalue weighted by Gasteiger charge is 2.23. The van der Waals surface area contributed by atoms with E-state index in [1.165, 1.54) is 11.1 Å². The Kier molecular flexibility index (Phi) is 11.3. The van der Waals surface area contributed by atoms with Crippen LogP contribution in [0.2, 0.25) is 0 Å². The Hall–Kier alpha value is -1.65. The number of nitrogens with zero attached hydrogens (tertiary/aromatic N) is 4. The van der Waals surface area contributed by atoms with Gasteiger partial charge in [-0.2, -0.15) is 5.10 Å². The van der Waals surface area contributed by atoms with Gasteiger partial charge in [-0.25, -0.2) is 4.99 Å². The summed E-state index contributed by atoms with van der Waals surface area (Å²) in [5.74, 6) is 1.44. The number of aromatic nitrogens is 2. The normalized spacial score (nSPS) is 16.1. The molecule has 0 amide bonds. The lowest BCUT2D eigenvalue weighted by molar-refractivity contribution is 0.00752. The van der Waals surface area contributed by atoms with Crippen molar-refractivity contribution in [2.75, 3.05) is 39.4 Å². The van der Waals surface area contributed by atoms with Gasteiger partial charge in [0.05, 0.1) is 26.3 Å². The Morgan fingerprint density at radius 3 is 2.61 bits per heavy atom. The second-order valence-electron chi connectivity index (χ2n) is 8.06. The summed E-state index contributed by atoms with van der Waals surface area (Å²) in [6, 6.07) is 11.0. The SMILES string of the molecule is CCNC(=NCc1cccc(Cn2cccn2)c1)NCC(C(C)C)N1CCOCC1.I. The Bertz CT molecular complexity index is 774. The van der Waals surface area contributed by atoms with Crippen LogP contribution >= 0.6 is 24.0 Å². The molecule has 1 fully saturated rings. The molecule has 0 saturated carbocycles. The first-order valence-electron chi connectivity index (χ1n) is 11.0. The van der Waals surface area contributed by atoms with Crippen molar-refractivity contribution in [3.63, 3.8) is 0 Å². The summed E-state index contributed by atoms with van der Waals surface area (Å²) in [6.45, 7) is 13.5. The zero-order valence-corrected chi connectivity index (χ0v) is 21.3. The van der Waals surface area contributed by atoms with Crippen molar-refractivity contribution in [2.24, 2.45) is 10.9 Å². The average Bonchev–Trinajstić information content (AvgIpc) is 3.26. The van der Waals surface area contributed by atoms with Crippen molar-refractivity contribution in [2.45, 2.75) is 39.9 Å². The van der Waals surface area contributed by atoms with Gasteiger partial charge in [-0.15, -0.1) is 24.0 Å². The van der Waals surface area contributed by atoms with Crippen molar-refractivity contribution < 1.29 is 4.74 Å². The summed E-state index contributed by atoms with van der Waals surface area (Å²) < 4.78 is 7.46. The first-order chi connectivity index (χ1) is 14.7. The van der Waals surface area contributed by atoms with Crippen molar-refractivity contribution >= 4 is 29.9 Å². The minimum Gasteiger partial charge on any atom is -0.379 e. The van der Waals surface area contributed by atoms with Gasteiger partial charge in [-0.05, 0) is 30.0 Å². The molecular formula is C23H37IN6O. The van der Waals surface area contributed by atoms with Crippen LogP contribution in [0, 0.1) is 5.92 Å². The lowest BCUT2D eigenvalue weighted by atomic mass is 10.0. The molecule has 2 N–H and O–H groups in total. The highest BCUT2D eigenvalue weighted by Crippen LogP contribution is 2.12. The Balaban J connectivity index is 0.00000341. The Morgan fingerprint density at radius 2 is 1.94 bits per heavy atom. The van der Waals surface area contributed by atoms with Crippen LogP contribution in [0.1, 0.15) is 31.9 Å². The number of ether oxygens (including phenoxy) is 1. The molecule has 0 aliphatic carbocycles. The van der Waals surface area contributed by atoms with Gasteiger partial charge in [0.1, 0.15) is 0 Å². The van der Waals surface area contributed by atoms with E-state index in [2.05, 4.69) is 65.7 Å². The molecule has 0 radical (unpaired) electrons. The maximum atomic E-state index is 5.52. The first-order valence-corrected chi connectivity index (χ1v) is 11.0. The molecule has 1 aromatic heterocycles.